The number of carbonyl (C=O) groups excluding carboxylic acids is 2. The summed E-state index contributed by atoms with van der Waals surface area (Å²) in [7, 11) is 0. The number of anilines is 2. The van der Waals surface area contributed by atoms with Crippen molar-refractivity contribution < 1.29 is 27.8 Å². The summed E-state index contributed by atoms with van der Waals surface area (Å²) in [5.74, 6) is 0.107. The molecule has 0 spiro atoms. The van der Waals surface area contributed by atoms with Crippen LogP contribution in [0.3, 0.4) is 0 Å². The van der Waals surface area contributed by atoms with Crippen molar-refractivity contribution in [1.82, 2.24) is 15.3 Å². The van der Waals surface area contributed by atoms with Crippen LogP contribution in [0.5, 0.6) is 5.88 Å². The van der Waals surface area contributed by atoms with Crippen LogP contribution in [0.15, 0.2) is 24.5 Å². The van der Waals surface area contributed by atoms with Crippen LogP contribution in [0.1, 0.15) is 44.7 Å². The molecule has 2 aromatic heterocycles. The Morgan fingerprint density at radius 3 is 2.54 bits per heavy atom. The van der Waals surface area contributed by atoms with E-state index in [2.05, 4.69) is 20.6 Å². The van der Waals surface area contributed by atoms with Crippen molar-refractivity contribution in [2.45, 2.75) is 65.3 Å². The summed E-state index contributed by atoms with van der Waals surface area (Å²) in [5.41, 5.74) is 1.51. The van der Waals surface area contributed by atoms with Crippen molar-refractivity contribution >= 4 is 34.4 Å². The van der Waals surface area contributed by atoms with Gasteiger partial charge in [-0.3, -0.25) is 10.2 Å². The number of pyridine rings is 2. The van der Waals surface area contributed by atoms with Crippen LogP contribution in [0.25, 0.3) is 21.9 Å². The highest BCUT2D eigenvalue weighted by atomic mass is 19.1. The first-order valence-corrected chi connectivity index (χ1v) is 12.8. The minimum absolute atomic E-state index is 0.202. The third-order valence-electron chi connectivity index (χ3n) is 6.86. The van der Waals surface area contributed by atoms with Crippen molar-refractivity contribution in [3.63, 3.8) is 0 Å². The minimum atomic E-state index is -0.880. The maximum absolute atomic E-state index is 15.7. The fourth-order valence-electron chi connectivity index (χ4n) is 4.82. The molecular formula is C28H31F2N5O4. The SMILES string of the molecule is Cc1c(-c2cc3cc(NC(=O)NC4CC(F)C4)ncc3c(C)c2F)cnc2c1N(C(=O)OC(C)(C)C)CCO2. The molecule has 1 saturated carbocycles. The van der Waals surface area contributed by atoms with E-state index in [1.807, 2.05) is 0 Å². The quantitative estimate of drug-likeness (QED) is 0.435. The van der Waals surface area contributed by atoms with Gasteiger partial charge in [0, 0.05) is 34.9 Å². The van der Waals surface area contributed by atoms with Gasteiger partial charge in [0.1, 0.15) is 35.7 Å². The Morgan fingerprint density at radius 2 is 1.85 bits per heavy atom. The number of urea groups is 1. The highest BCUT2D eigenvalue weighted by molar-refractivity contribution is 5.97. The minimum Gasteiger partial charge on any atom is -0.474 e. The van der Waals surface area contributed by atoms with E-state index in [-0.39, 0.29) is 36.5 Å². The number of halogens is 2. The van der Waals surface area contributed by atoms with E-state index in [0.717, 1.165) is 0 Å². The number of benzene rings is 1. The summed E-state index contributed by atoms with van der Waals surface area (Å²) in [6, 6.07) is 2.64. The Hall–Kier alpha value is -4.02. The van der Waals surface area contributed by atoms with E-state index < -0.39 is 29.7 Å². The number of ether oxygens (including phenoxy) is 2. The number of amides is 3. The van der Waals surface area contributed by atoms with Gasteiger partial charge >= 0.3 is 12.1 Å². The van der Waals surface area contributed by atoms with Gasteiger partial charge in [0.2, 0.25) is 5.88 Å². The lowest BCUT2D eigenvalue weighted by molar-refractivity contribution is 0.0566. The number of hydrogen-bond acceptors (Lipinski definition) is 6. The molecule has 1 aliphatic heterocycles. The summed E-state index contributed by atoms with van der Waals surface area (Å²) in [5, 5.41) is 6.62. The lowest BCUT2D eigenvalue weighted by Gasteiger charge is -2.32. The zero-order chi connectivity index (χ0) is 28.1. The molecular weight excluding hydrogens is 508 g/mol. The van der Waals surface area contributed by atoms with Crippen LogP contribution < -0.4 is 20.3 Å². The van der Waals surface area contributed by atoms with Crippen molar-refractivity contribution in [3.05, 3.63) is 41.5 Å². The average Bonchev–Trinajstić information content (AvgIpc) is 2.84. The zero-order valence-electron chi connectivity index (χ0n) is 22.5. The molecule has 1 aromatic carbocycles. The molecule has 206 valence electrons. The average molecular weight is 540 g/mol. The van der Waals surface area contributed by atoms with Gasteiger partial charge in [0.25, 0.3) is 0 Å². The van der Waals surface area contributed by atoms with Crippen LogP contribution in [0.2, 0.25) is 0 Å². The molecule has 3 aromatic rings. The second kappa shape index (κ2) is 9.94. The highest BCUT2D eigenvalue weighted by Gasteiger charge is 2.32. The Labute approximate surface area is 224 Å². The van der Waals surface area contributed by atoms with E-state index >= 15 is 4.39 Å². The molecule has 39 heavy (non-hydrogen) atoms. The fourth-order valence-corrected chi connectivity index (χ4v) is 4.82. The zero-order valence-corrected chi connectivity index (χ0v) is 22.5. The normalized spacial score (nSPS) is 18.6. The Morgan fingerprint density at radius 1 is 1.10 bits per heavy atom. The molecule has 0 unspecified atom stereocenters. The van der Waals surface area contributed by atoms with Crippen LogP contribution in [-0.4, -0.2) is 53.1 Å². The molecule has 0 radical (unpaired) electrons. The monoisotopic (exact) mass is 539 g/mol. The van der Waals surface area contributed by atoms with Gasteiger partial charge in [0.05, 0.1) is 6.54 Å². The van der Waals surface area contributed by atoms with Gasteiger partial charge in [-0.1, -0.05) is 0 Å². The number of fused-ring (bicyclic) bond motifs is 2. The van der Waals surface area contributed by atoms with E-state index in [1.54, 1.807) is 46.8 Å². The smallest absolute Gasteiger partial charge is 0.415 e. The molecule has 5 rings (SSSR count). The van der Waals surface area contributed by atoms with Crippen molar-refractivity contribution in [2.75, 3.05) is 23.4 Å². The summed E-state index contributed by atoms with van der Waals surface area (Å²) < 4.78 is 40.1. The predicted molar refractivity (Wildman–Crippen MR) is 144 cm³/mol. The first-order chi connectivity index (χ1) is 18.4. The summed E-state index contributed by atoms with van der Waals surface area (Å²) in [6.45, 7) is 9.33. The standard InChI is InChI=1S/C28H31F2N5O4/c1-14-20-12-31-22(34-26(36)33-18-10-17(29)11-18)9-16(20)8-19(23(14)30)21-13-32-25-24(15(21)2)35(6-7-38-25)27(37)39-28(3,4)5/h8-9,12-13,17-18H,6-7,10-11H2,1-5H3,(H2,31,33,34,36). The van der Waals surface area contributed by atoms with Gasteiger partial charge in [-0.15, -0.1) is 0 Å². The summed E-state index contributed by atoms with van der Waals surface area (Å²) in [4.78, 5) is 35.4. The lowest BCUT2D eigenvalue weighted by atomic mass is 9.91. The number of aromatic nitrogens is 2. The number of nitrogens with zero attached hydrogens (tertiary/aromatic N) is 3. The molecule has 1 fully saturated rings. The Kier molecular flexibility index (Phi) is 6.77. The Balaban J connectivity index is 1.50. The van der Waals surface area contributed by atoms with Crippen molar-refractivity contribution in [1.29, 1.82) is 0 Å². The first kappa shape index (κ1) is 26.6. The van der Waals surface area contributed by atoms with E-state index in [4.69, 9.17) is 9.47 Å². The van der Waals surface area contributed by atoms with Crippen molar-refractivity contribution in [2.24, 2.45) is 0 Å². The number of aryl methyl sites for hydroxylation is 1. The second-order valence-electron chi connectivity index (χ2n) is 10.9. The molecule has 3 heterocycles. The molecule has 2 aliphatic rings. The number of rotatable bonds is 3. The number of carbonyl (C=O) groups is 2. The molecule has 2 N–H and O–H groups in total. The number of alkyl halides is 1. The second-order valence-corrected chi connectivity index (χ2v) is 10.9. The maximum Gasteiger partial charge on any atom is 0.415 e. The molecule has 0 bridgehead atoms. The number of hydrogen-bond donors (Lipinski definition) is 2. The number of nitrogens with one attached hydrogen (secondary N) is 2. The molecule has 0 saturated heterocycles. The van der Waals surface area contributed by atoms with Crippen LogP contribution in [0, 0.1) is 19.7 Å². The third kappa shape index (κ3) is 5.30. The fraction of sp³-hybridized carbons (Fsp3) is 0.429. The predicted octanol–water partition coefficient (Wildman–Crippen LogP) is 5.81. The van der Waals surface area contributed by atoms with E-state index in [9.17, 15) is 14.0 Å². The molecule has 1 aliphatic carbocycles. The third-order valence-corrected chi connectivity index (χ3v) is 6.86. The van der Waals surface area contributed by atoms with Crippen LogP contribution in [-0.2, 0) is 4.74 Å². The summed E-state index contributed by atoms with van der Waals surface area (Å²) in [6.07, 6.45) is 2.21. The van der Waals surface area contributed by atoms with Crippen LogP contribution in [0.4, 0.5) is 29.9 Å². The van der Waals surface area contributed by atoms with Gasteiger partial charge in [-0.05, 0) is 76.1 Å². The van der Waals surface area contributed by atoms with E-state index in [0.29, 0.717) is 46.0 Å². The Bertz CT molecular complexity index is 1470. The van der Waals surface area contributed by atoms with Gasteiger partial charge in [0.15, 0.2) is 0 Å². The molecule has 11 heteroatoms. The van der Waals surface area contributed by atoms with Crippen molar-refractivity contribution in [3.8, 4) is 17.0 Å². The summed E-state index contributed by atoms with van der Waals surface area (Å²) >= 11 is 0. The van der Waals surface area contributed by atoms with Gasteiger partial charge < -0.3 is 14.8 Å². The first-order valence-electron chi connectivity index (χ1n) is 12.8. The molecule has 9 nitrogen and oxygen atoms in total. The van der Waals surface area contributed by atoms with Gasteiger partial charge in [-0.25, -0.2) is 28.3 Å². The molecule has 0 atom stereocenters. The van der Waals surface area contributed by atoms with Crippen LogP contribution >= 0.6 is 0 Å². The molecule has 3 amide bonds. The lowest BCUT2D eigenvalue weighted by Crippen LogP contribution is -2.46. The largest absolute Gasteiger partial charge is 0.474 e. The van der Waals surface area contributed by atoms with E-state index in [1.165, 1.54) is 17.3 Å². The maximum atomic E-state index is 15.7. The van der Waals surface area contributed by atoms with Gasteiger partial charge in [-0.2, -0.15) is 0 Å². The topological polar surface area (TPSA) is 106 Å². The highest BCUT2D eigenvalue weighted by Crippen LogP contribution is 2.41.